The average Bonchev–Trinajstić information content (AvgIpc) is 2.81. The molecule has 2 aromatic carbocycles. The zero-order chi connectivity index (χ0) is 23.5. The molecule has 0 aromatic heterocycles. The number of rotatable bonds is 10. The molecule has 0 unspecified atom stereocenters. The highest BCUT2D eigenvalue weighted by Crippen LogP contribution is 2.20. The van der Waals surface area contributed by atoms with E-state index in [1.807, 2.05) is 44.1 Å². The smallest absolute Gasteiger partial charge is 0.220 e. The van der Waals surface area contributed by atoms with Gasteiger partial charge in [-0.3, -0.25) is 4.79 Å². The van der Waals surface area contributed by atoms with Gasteiger partial charge in [-0.2, -0.15) is 0 Å². The molecule has 170 valence electrons. The van der Waals surface area contributed by atoms with Crippen LogP contribution < -0.4 is 10.1 Å². The van der Waals surface area contributed by atoms with E-state index in [0.29, 0.717) is 25.5 Å². The van der Waals surface area contributed by atoms with E-state index in [9.17, 15) is 4.79 Å². The number of amides is 1. The normalized spacial score (nSPS) is 10.5. The van der Waals surface area contributed by atoms with Gasteiger partial charge in [-0.05, 0) is 42.5 Å². The van der Waals surface area contributed by atoms with Gasteiger partial charge < -0.3 is 19.6 Å². The Kier molecular flexibility index (Phi) is 16.2. The van der Waals surface area contributed by atoms with Crippen molar-refractivity contribution in [2.24, 2.45) is 0 Å². The number of para-hydroxylation sites is 1. The Bertz CT molecular complexity index is 743. The Hall–Kier alpha value is -2.92. The van der Waals surface area contributed by atoms with Crippen LogP contribution in [0.1, 0.15) is 48.8 Å². The van der Waals surface area contributed by atoms with Crippen LogP contribution in [0.25, 0.3) is 0 Å². The zero-order valence-corrected chi connectivity index (χ0v) is 19.4. The quantitative estimate of drug-likeness (QED) is 0.417. The average molecular weight is 428 g/mol. The number of nitrogens with one attached hydrogen (secondary N) is 1. The van der Waals surface area contributed by atoms with Crippen LogP contribution in [0.5, 0.6) is 5.75 Å². The molecule has 0 aliphatic heterocycles. The van der Waals surface area contributed by atoms with Crippen LogP contribution in [-0.4, -0.2) is 33.5 Å². The predicted molar refractivity (Wildman–Crippen MR) is 127 cm³/mol. The van der Waals surface area contributed by atoms with Crippen LogP contribution >= 0.6 is 0 Å². The molecule has 1 atom stereocenters. The topological polar surface area (TPSA) is 64.6 Å². The van der Waals surface area contributed by atoms with Crippen molar-refractivity contribution < 1.29 is 19.1 Å². The highest BCUT2D eigenvalue weighted by Gasteiger charge is 2.05. The fourth-order valence-electron chi connectivity index (χ4n) is 2.87. The van der Waals surface area contributed by atoms with Gasteiger partial charge in [-0.15, -0.1) is 6.58 Å². The van der Waals surface area contributed by atoms with Gasteiger partial charge in [0.1, 0.15) is 12.5 Å². The second-order valence-electron chi connectivity index (χ2n) is 6.83. The summed E-state index contributed by atoms with van der Waals surface area (Å²) in [5.74, 6) is 1.44. The first-order valence-corrected chi connectivity index (χ1v) is 10.4. The lowest BCUT2D eigenvalue weighted by atomic mass is 9.96. The fourth-order valence-corrected chi connectivity index (χ4v) is 2.87. The third-order valence-electron chi connectivity index (χ3n) is 4.69. The fraction of sp³-hybridized carbons (Fsp3) is 0.385. The molecule has 0 spiro atoms. The summed E-state index contributed by atoms with van der Waals surface area (Å²) in [6, 6.07) is 16.3. The first kappa shape index (κ1) is 28.1. The van der Waals surface area contributed by atoms with Gasteiger partial charge in [-0.1, -0.05) is 55.5 Å². The van der Waals surface area contributed by atoms with E-state index < -0.39 is 0 Å². The first-order chi connectivity index (χ1) is 15.0. The third-order valence-corrected chi connectivity index (χ3v) is 4.69. The summed E-state index contributed by atoms with van der Waals surface area (Å²) in [6.45, 7) is 11.2. The standard InChI is InChI=1S/C17H25NO2.C8H10O.CH2O/c1-4-15(5-2)16-10-8-14(9-11-16)13-18-17(19)7-6-12-20-3;1-7-5-3-4-6-8(7)9-2;1-2/h4,8-11,15H,1,5-7,12-13H2,2-3H3,(H,18,19);3-6H,1-2H3;1H2/t15-;;/m0../s1. The second-order valence-corrected chi connectivity index (χ2v) is 6.83. The van der Waals surface area contributed by atoms with Crippen molar-refractivity contribution in [2.75, 3.05) is 20.8 Å². The van der Waals surface area contributed by atoms with Gasteiger partial charge in [0.05, 0.1) is 7.11 Å². The number of aryl methyl sites for hydroxylation is 1. The minimum atomic E-state index is 0.0728. The molecule has 1 amide bonds. The minimum Gasteiger partial charge on any atom is -0.496 e. The summed E-state index contributed by atoms with van der Waals surface area (Å²) in [7, 11) is 3.33. The maximum atomic E-state index is 11.6. The highest BCUT2D eigenvalue weighted by atomic mass is 16.5. The van der Waals surface area contributed by atoms with Crippen LogP contribution in [0, 0.1) is 6.92 Å². The van der Waals surface area contributed by atoms with Crippen molar-refractivity contribution in [3.63, 3.8) is 0 Å². The minimum absolute atomic E-state index is 0.0728. The number of hydrogen-bond donors (Lipinski definition) is 1. The molecule has 0 radical (unpaired) electrons. The second kappa shape index (κ2) is 17.9. The van der Waals surface area contributed by atoms with Crippen LogP contribution in [-0.2, 0) is 20.9 Å². The molecule has 0 saturated carbocycles. The van der Waals surface area contributed by atoms with Crippen molar-refractivity contribution in [3.8, 4) is 5.75 Å². The maximum absolute atomic E-state index is 11.6. The van der Waals surface area contributed by atoms with E-state index in [1.165, 1.54) is 11.1 Å². The SMILES string of the molecule is C=C[C@@H](CC)c1ccc(CNC(=O)CCCOC)cc1.C=O.COc1ccccc1C. The number of methoxy groups -OCH3 is 2. The van der Waals surface area contributed by atoms with E-state index in [1.54, 1.807) is 14.2 Å². The van der Waals surface area contributed by atoms with Crippen LogP contribution in [0.3, 0.4) is 0 Å². The molecular weight excluding hydrogens is 390 g/mol. The number of carbonyl (C=O) groups excluding carboxylic acids is 2. The van der Waals surface area contributed by atoms with Crippen LogP contribution in [0.15, 0.2) is 61.2 Å². The molecular formula is C26H37NO4. The maximum Gasteiger partial charge on any atom is 0.220 e. The molecule has 0 saturated heterocycles. The van der Waals surface area contributed by atoms with Crippen molar-refractivity contribution >= 4 is 12.7 Å². The van der Waals surface area contributed by atoms with E-state index in [2.05, 4.69) is 43.1 Å². The number of ether oxygens (including phenoxy) is 2. The molecule has 0 aliphatic carbocycles. The predicted octanol–water partition coefficient (Wildman–Crippen LogP) is 5.23. The van der Waals surface area contributed by atoms with E-state index in [4.69, 9.17) is 14.3 Å². The molecule has 0 aliphatic rings. The molecule has 0 heterocycles. The van der Waals surface area contributed by atoms with Crippen molar-refractivity contribution in [1.29, 1.82) is 0 Å². The number of allylic oxidation sites excluding steroid dienone is 1. The molecule has 2 aromatic rings. The highest BCUT2D eigenvalue weighted by molar-refractivity contribution is 5.75. The molecule has 31 heavy (non-hydrogen) atoms. The van der Waals surface area contributed by atoms with Gasteiger partial charge in [0.2, 0.25) is 5.91 Å². The lowest BCUT2D eigenvalue weighted by molar-refractivity contribution is -0.121. The van der Waals surface area contributed by atoms with Crippen molar-refractivity contribution in [2.45, 2.75) is 45.6 Å². The van der Waals surface area contributed by atoms with Crippen molar-refractivity contribution in [1.82, 2.24) is 5.32 Å². The molecule has 0 fully saturated rings. The van der Waals surface area contributed by atoms with Gasteiger partial charge in [0.15, 0.2) is 0 Å². The summed E-state index contributed by atoms with van der Waals surface area (Å²) >= 11 is 0. The molecule has 0 bridgehead atoms. The molecule has 1 N–H and O–H groups in total. The Morgan fingerprint density at radius 2 is 1.74 bits per heavy atom. The van der Waals surface area contributed by atoms with Gasteiger partial charge in [0, 0.05) is 32.6 Å². The van der Waals surface area contributed by atoms with Gasteiger partial charge in [-0.25, -0.2) is 0 Å². The summed E-state index contributed by atoms with van der Waals surface area (Å²) in [4.78, 5) is 19.6. The van der Waals surface area contributed by atoms with Crippen LogP contribution in [0.4, 0.5) is 0 Å². The number of benzene rings is 2. The Morgan fingerprint density at radius 3 is 2.23 bits per heavy atom. The first-order valence-electron chi connectivity index (χ1n) is 10.4. The molecule has 5 nitrogen and oxygen atoms in total. The van der Waals surface area contributed by atoms with E-state index in [0.717, 1.165) is 24.2 Å². The molecule has 2 rings (SSSR count). The van der Waals surface area contributed by atoms with Gasteiger partial charge >= 0.3 is 0 Å². The third kappa shape index (κ3) is 11.7. The zero-order valence-electron chi connectivity index (χ0n) is 19.4. The van der Waals surface area contributed by atoms with Crippen molar-refractivity contribution in [3.05, 3.63) is 77.9 Å². The summed E-state index contributed by atoms with van der Waals surface area (Å²) in [5.41, 5.74) is 3.57. The Morgan fingerprint density at radius 1 is 1.10 bits per heavy atom. The largest absolute Gasteiger partial charge is 0.496 e. The summed E-state index contributed by atoms with van der Waals surface area (Å²) < 4.78 is 9.97. The monoisotopic (exact) mass is 427 g/mol. The Labute approximate surface area is 187 Å². The summed E-state index contributed by atoms with van der Waals surface area (Å²) in [5, 5.41) is 2.92. The van der Waals surface area contributed by atoms with E-state index in [-0.39, 0.29) is 5.91 Å². The lowest BCUT2D eigenvalue weighted by Crippen LogP contribution is -2.22. The Balaban J connectivity index is 0.000000679. The summed E-state index contributed by atoms with van der Waals surface area (Å²) in [6.07, 6.45) is 4.31. The van der Waals surface area contributed by atoms with Gasteiger partial charge in [0.25, 0.3) is 0 Å². The molecule has 5 heteroatoms. The van der Waals surface area contributed by atoms with Crippen LogP contribution in [0.2, 0.25) is 0 Å². The van der Waals surface area contributed by atoms with E-state index >= 15 is 0 Å². The number of carbonyl (C=O) groups is 2. The lowest BCUT2D eigenvalue weighted by Gasteiger charge is -2.11. The number of hydrogen-bond acceptors (Lipinski definition) is 4.